The number of rotatable bonds is 4. The summed E-state index contributed by atoms with van der Waals surface area (Å²) in [4.78, 5) is 0. The number of hydrogen-bond donors (Lipinski definition) is 2. The summed E-state index contributed by atoms with van der Waals surface area (Å²) < 4.78 is 19.0. The van der Waals surface area contributed by atoms with E-state index in [0.717, 1.165) is 0 Å². The molecule has 0 amide bonds. The first-order valence-corrected chi connectivity index (χ1v) is 5.67. The lowest BCUT2D eigenvalue weighted by Gasteiger charge is -2.03. The van der Waals surface area contributed by atoms with Crippen molar-refractivity contribution in [3.05, 3.63) is 34.4 Å². The van der Waals surface area contributed by atoms with Gasteiger partial charge in [0.15, 0.2) is 0 Å². The molecule has 0 unspecified atom stereocenters. The summed E-state index contributed by atoms with van der Waals surface area (Å²) >= 11 is 3.29. The minimum absolute atomic E-state index is 0.224. The smallest absolute Gasteiger partial charge is 0.320 e. The second kappa shape index (κ2) is 5.24. The number of halogens is 2. The quantitative estimate of drug-likeness (QED) is 0.908. The van der Waals surface area contributed by atoms with Crippen molar-refractivity contribution in [2.45, 2.75) is 6.54 Å². The molecule has 0 aliphatic heterocycles. The van der Waals surface area contributed by atoms with Crippen LogP contribution in [0, 0.1) is 5.82 Å². The van der Waals surface area contributed by atoms with Crippen LogP contribution in [0.15, 0.2) is 27.1 Å². The topological polar surface area (TPSA) is 63.0 Å². The summed E-state index contributed by atoms with van der Waals surface area (Å²) in [7, 11) is 1.78. The molecule has 0 fully saturated rings. The normalized spacial score (nSPS) is 10.5. The van der Waals surface area contributed by atoms with Crippen molar-refractivity contribution in [2.75, 3.05) is 12.4 Å². The van der Waals surface area contributed by atoms with Gasteiger partial charge in [-0.1, -0.05) is 5.10 Å². The maximum atomic E-state index is 13.0. The van der Waals surface area contributed by atoms with E-state index in [9.17, 15) is 4.39 Å². The first kappa shape index (κ1) is 12.0. The average molecular weight is 301 g/mol. The molecule has 0 bridgehead atoms. The molecule has 0 saturated carbocycles. The van der Waals surface area contributed by atoms with Crippen molar-refractivity contribution < 1.29 is 8.81 Å². The molecular weight excluding hydrogens is 291 g/mol. The van der Waals surface area contributed by atoms with Gasteiger partial charge in [0.05, 0.1) is 12.2 Å². The van der Waals surface area contributed by atoms with Gasteiger partial charge in [0.1, 0.15) is 5.82 Å². The fourth-order valence-electron chi connectivity index (χ4n) is 1.24. The second-order valence-electron chi connectivity index (χ2n) is 3.28. The molecule has 2 aromatic rings. The van der Waals surface area contributed by atoms with Crippen molar-refractivity contribution in [3.63, 3.8) is 0 Å². The summed E-state index contributed by atoms with van der Waals surface area (Å²) in [6, 6.07) is 4.52. The highest BCUT2D eigenvalue weighted by molar-refractivity contribution is 9.10. The maximum Gasteiger partial charge on any atom is 0.320 e. The average Bonchev–Trinajstić information content (AvgIpc) is 2.72. The molecule has 0 spiro atoms. The second-order valence-corrected chi connectivity index (χ2v) is 4.13. The Morgan fingerprint density at radius 2 is 2.24 bits per heavy atom. The van der Waals surface area contributed by atoms with Gasteiger partial charge in [-0.05, 0) is 41.2 Å². The molecule has 0 radical (unpaired) electrons. The van der Waals surface area contributed by atoms with Crippen molar-refractivity contribution in [2.24, 2.45) is 0 Å². The Morgan fingerprint density at radius 3 is 3.00 bits per heavy atom. The number of benzene rings is 1. The van der Waals surface area contributed by atoms with Gasteiger partial charge in [-0.3, -0.25) is 0 Å². The van der Waals surface area contributed by atoms with E-state index in [2.05, 4.69) is 36.8 Å². The van der Waals surface area contributed by atoms with E-state index >= 15 is 0 Å². The Bertz CT molecular complexity index is 517. The Balaban J connectivity index is 2.16. The van der Waals surface area contributed by atoms with E-state index in [1.165, 1.54) is 12.1 Å². The summed E-state index contributed by atoms with van der Waals surface area (Å²) in [6.07, 6.45) is 0. The van der Waals surface area contributed by atoms with Crippen LogP contribution in [0.25, 0.3) is 0 Å². The van der Waals surface area contributed by atoms with Gasteiger partial charge in [0.2, 0.25) is 5.89 Å². The van der Waals surface area contributed by atoms with Gasteiger partial charge < -0.3 is 15.1 Å². The molecule has 0 aliphatic rings. The van der Waals surface area contributed by atoms with Gasteiger partial charge in [0.25, 0.3) is 0 Å². The first-order chi connectivity index (χ1) is 8.19. The molecule has 5 nitrogen and oxygen atoms in total. The molecule has 1 aromatic heterocycles. The Kier molecular flexibility index (Phi) is 3.70. The zero-order chi connectivity index (χ0) is 12.3. The van der Waals surface area contributed by atoms with Gasteiger partial charge >= 0.3 is 6.01 Å². The van der Waals surface area contributed by atoms with Gasteiger partial charge in [-0.15, -0.1) is 5.10 Å². The van der Waals surface area contributed by atoms with Crippen LogP contribution in [0.2, 0.25) is 0 Å². The minimum atomic E-state index is -0.342. The largest absolute Gasteiger partial charge is 0.406 e. The first-order valence-electron chi connectivity index (χ1n) is 4.88. The molecule has 0 atom stereocenters. The van der Waals surface area contributed by atoms with Crippen molar-refractivity contribution in [3.8, 4) is 0 Å². The molecule has 1 heterocycles. The van der Waals surface area contributed by atoms with E-state index in [-0.39, 0.29) is 11.8 Å². The number of nitrogens with one attached hydrogen (secondary N) is 2. The Morgan fingerprint density at radius 1 is 1.41 bits per heavy atom. The Hall–Kier alpha value is -1.47. The molecule has 0 aliphatic carbocycles. The summed E-state index contributed by atoms with van der Waals surface area (Å²) in [5, 5.41) is 13.3. The fourth-order valence-corrected chi connectivity index (χ4v) is 1.58. The lowest BCUT2D eigenvalue weighted by atomic mass is 10.3. The van der Waals surface area contributed by atoms with Gasteiger partial charge in [0, 0.05) is 4.47 Å². The summed E-state index contributed by atoms with van der Waals surface area (Å²) in [5.41, 5.74) is 0.532. The zero-order valence-electron chi connectivity index (χ0n) is 9.00. The number of anilines is 2. The van der Waals surface area contributed by atoms with Crippen LogP contribution in [0.1, 0.15) is 5.89 Å². The lowest BCUT2D eigenvalue weighted by molar-refractivity contribution is 0.493. The highest BCUT2D eigenvalue weighted by atomic mass is 79.9. The van der Waals surface area contributed by atoms with Crippen LogP contribution in [0.4, 0.5) is 16.1 Å². The van der Waals surface area contributed by atoms with Crippen LogP contribution in [0.3, 0.4) is 0 Å². The molecule has 17 heavy (non-hydrogen) atoms. The molecule has 0 saturated heterocycles. The highest BCUT2D eigenvalue weighted by Crippen LogP contribution is 2.25. The van der Waals surface area contributed by atoms with E-state index in [4.69, 9.17) is 4.42 Å². The molecule has 7 heteroatoms. The molecular formula is C10H10BrFN4O. The third-order valence-electron chi connectivity index (χ3n) is 1.96. The van der Waals surface area contributed by atoms with Gasteiger partial charge in [-0.25, -0.2) is 4.39 Å². The van der Waals surface area contributed by atoms with Crippen molar-refractivity contribution in [1.29, 1.82) is 0 Å². The third kappa shape index (κ3) is 3.01. The number of aromatic nitrogens is 2. The van der Waals surface area contributed by atoms with E-state index in [1.54, 1.807) is 13.1 Å². The summed E-state index contributed by atoms with van der Waals surface area (Å²) in [6.45, 7) is 0.485. The lowest BCUT2D eigenvalue weighted by Crippen LogP contribution is -2.04. The number of hydrogen-bond acceptors (Lipinski definition) is 5. The van der Waals surface area contributed by atoms with Crippen LogP contribution < -0.4 is 10.6 Å². The molecule has 2 rings (SSSR count). The monoisotopic (exact) mass is 300 g/mol. The van der Waals surface area contributed by atoms with Crippen molar-refractivity contribution >= 4 is 27.6 Å². The fraction of sp³-hybridized carbons (Fsp3) is 0.200. The predicted molar refractivity (Wildman–Crippen MR) is 64.4 cm³/mol. The SMILES string of the molecule is CNCc1nnc(Nc2cc(F)ccc2Br)o1. The standard InChI is InChI=1S/C10H10BrFN4O/c1-13-5-9-15-16-10(17-9)14-8-4-6(12)2-3-7(8)11/h2-4,13H,5H2,1H3,(H,14,16). The summed E-state index contributed by atoms with van der Waals surface area (Å²) in [5.74, 6) is 0.119. The minimum Gasteiger partial charge on any atom is -0.406 e. The van der Waals surface area contributed by atoms with Crippen LogP contribution in [-0.2, 0) is 6.54 Å². The number of nitrogens with zero attached hydrogens (tertiary/aromatic N) is 2. The highest BCUT2D eigenvalue weighted by Gasteiger charge is 2.08. The predicted octanol–water partition coefficient (Wildman–Crippen LogP) is 2.43. The molecule has 90 valence electrons. The van der Waals surface area contributed by atoms with Crippen LogP contribution >= 0.6 is 15.9 Å². The van der Waals surface area contributed by atoms with E-state index < -0.39 is 0 Å². The van der Waals surface area contributed by atoms with Crippen LogP contribution in [0.5, 0.6) is 0 Å². The van der Waals surface area contributed by atoms with Gasteiger partial charge in [-0.2, -0.15) is 0 Å². The Labute approximate surface area is 106 Å². The van der Waals surface area contributed by atoms with Crippen LogP contribution in [-0.4, -0.2) is 17.2 Å². The molecule has 2 N–H and O–H groups in total. The third-order valence-corrected chi connectivity index (χ3v) is 2.66. The maximum absolute atomic E-state index is 13.0. The zero-order valence-corrected chi connectivity index (χ0v) is 10.6. The van der Waals surface area contributed by atoms with Crippen molar-refractivity contribution in [1.82, 2.24) is 15.5 Å². The molecule has 1 aromatic carbocycles. The van der Waals surface area contributed by atoms with E-state index in [0.29, 0.717) is 22.6 Å². The van der Waals surface area contributed by atoms with E-state index in [1.807, 2.05) is 0 Å².